The van der Waals surface area contributed by atoms with Crippen molar-refractivity contribution < 1.29 is 0 Å². The zero-order valence-corrected chi connectivity index (χ0v) is 12.3. The number of pyridine rings is 1. The fraction of sp³-hybridized carbons (Fsp3) is 0.615. The molecular formula is C13H19Cl2N3. The average Bonchev–Trinajstić information content (AvgIpc) is 2.76. The summed E-state index contributed by atoms with van der Waals surface area (Å²) in [5.41, 5.74) is 0. The van der Waals surface area contributed by atoms with Crippen LogP contribution in [0.25, 0.3) is 0 Å². The van der Waals surface area contributed by atoms with Crippen LogP contribution in [-0.2, 0) is 0 Å². The summed E-state index contributed by atoms with van der Waals surface area (Å²) in [4.78, 5) is 6.71. The molecule has 2 heterocycles. The minimum absolute atomic E-state index is 0.567. The Balaban J connectivity index is 1.85. The molecule has 1 aromatic heterocycles. The summed E-state index contributed by atoms with van der Waals surface area (Å²) in [5.74, 6) is 1.39. The number of likely N-dealkylation sites (tertiary alicyclic amines) is 1. The maximum atomic E-state index is 6.07. The first kappa shape index (κ1) is 13.9. The quantitative estimate of drug-likeness (QED) is 0.918. The first-order chi connectivity index (χ1) is 8.56. The van der Waals surface area contributed by atoms with E-state index in [1.165, 1.54) is 13.0 Å². The Kier molecular flexibility index (Phi) is 4.71. The fourth-order valence-corrected chi connectivity index (χ4v) is 2.73. The summed E-state index contributed by atoms with van der Waals surface area (Å²) >= 11 is 11.9. The van der Waals surface area contributed by atoms with Crippen LogP contribution in [0.3, 0.4) is 0 Å². The third kappa shape index (κ3) is 3.50. The van der Waals surface area contributed by atoms with Crippen LogP contribution in [0.5, 0.6) is 0 Å². The molecule has 1 unspecified atom stereocenters. The van der Waals surface area contributed by atoms with E-state index in [-0.39, 0.29) is 0 Å². The molecule has 0 amide bonds. The first-order valence-electron chi connectivity index (χ1n) is 6.35. The fourth-order valence-electron chi connectivity index (χ4n) is 2.28. The summed E-state index contributed by atoms with van der Waals surface area (Å²) in [6.07, 6.45) is 2.85. The molecule has 0 aromatic carbocycles. The van der Waals surface area contributed by atoms with E-state index >= 15 is 0 Å². The van der Waals surface area contributed by atoms with Gasteiger partial charge in [0.05, 0.1) is 10.0 Å². The van der Waals surface area contributed by atoms with Crippen LogP contribution in [0, 0.1) is 5.92 Å². The van der Waals surface area contributed by atoms with Crippen molar-refractivity contribution >= 4 is 29.0 Å². The lowest BCUT2D eigenvalue weighted by molar-refractivity contribution is 0.266. The van der Waals surface area contributed by atoms with Crippen molar-refractivity contribution in [1.82, 2.24) is 9.88 Å². The highest BCUT2D eigenvalue weighted by Gasteiger charge is 2.24. The highest BCUT2D eigenvalue weighted by molar-refractivity contribution is 6.35. The molecule has 0 saturated carbocycles. The Labute approximate surface area is 118 Å². The van der Waals surface area contributed by atoms with E-state index in [1.54, 1.807) is 12.3 Å². The molecule has 1 aromatic rings. The Morgan fingerprint density at radius 3 is 2.89 bits per heavy atom. The lowest BCUT2D eigenvalue weighted by Crippen LogP contribution is -2.29. The second kappa shape index (κ2) is 6.09. The zero-order chi connectivity index (χ0) is 13.1. The van der Waals surface area contributed by atoms with Crippen LogP contribution in [0.4, 0.5) is 5.82 Å². The number of rotatable bonds is 4. The maximum absolute atomic E-state index is 6.07. The Morgan fingerprint density at radius 2 is 2.28 bits per heavy atom. The number of halogens is 2. The van der Waals surface area contributed by atoms with Gasteiger partial charge in [-0.25, -0.2) is 4.98 Å². The summed E-state index contributed by atoms with van der Waals surface area (Å²) in [7, 11) is 0. The van der Waals surface area contributed by atoms with Gasteiger partial charge in [-0.3, -0.25) is 0 Å². The maximum Gasteiger partial charge on any atom is 0.144 e. The molecule has 3 nitrogen and oxygen atoms in total. The van der Waals surface area contributed by atoms with Crippen molar-refractivity contribution in [2.45, 2.75) is 26.3 Å². The monoisotopic (exact) mass is 287 g/mol. The number of nitrogens with zero attached hydrogens (tertiary/aromatic N) is 2. The standard InChI is InChI=1S/C13H19Cl2N3/c1-9(2)18-4-3-10(8-18)6-16-13-12(15)5-11(14)7-17-13/h5,7,9-10H,3-4,6,8H2,1-2H3,(H,16,17). The van der Waals surface area contributed by atoms with Gasteiger partial charge < -0.3 is 10.2 Å². The lowest BCUT2D eigenvalue weighted by atomic mass is 10.1. The van der Waals surface area contributed by atoms with Crippen molar-refractivity contribution in [1.29, 1.82) is 0 Å². The molecule has 5 heteroatoms. The van der Waals surface area contributed by atoms with Gasteiger partial charge in [-0.2, -0.15) is 0 Å². The van der Waals surface area contributed by atoms with E-state index in [9.17, 15) is 0 Å². The van der Waals surface area contributed by atoms with Gasteiger partial charge in [-0.15, -0.1) is 0 Å². The van der Waals surface area contributed by atoms with Crippen LogP contribution in [0.1, 0.15) is 20.3 Å². The molecule has 100 valence electrons. The molecule has 0 aliphatic carbocycles. The molecular weight excluding hydrogens is 269 g/mol. The molecule has 0 spiro atoms. The molecule has 1 N–H and O–H groups in total. The summed E-state index contributed by atoms with van der Waals surface area (Å²) in [6, 6.07) is 2.35. The third-order valence-corrected chi connectivity index (χ3v) is 3.91. The van der Waals surface area contributed by atoms with Crippen LogP contribution < -0.4 is 5.32 Å². The lowest BCUT2D eigenvalue weighted by Gasteiger charge is -2.20. The average molecular weight is 288 g/mol. The van der Waals surface area contributed by atoms with E-state index < -0.39 is 0 Å². The van der Waals surface area contributed by atoms with E-state index in [1.807, 2.05) is 0 Å². The van der Waals surface area contributed by atoms with Crippen molar-refractivity contribution in [2.24, 2.45) is 5.92 Å². The summed E-state index contributed by atoms with van der Waals surface area (Å²) < 4.78 is 0. The van der Waals surface area contributed by atoms with Crippen LogP contribution >= 0.6 is 23.2 Å². The van der Waals surface area contributed by atoms with Crippen LogP contribution in [-0.4, -0.2) is 35.6 Å². The Hall–Kier alpha value is -0.510. The van der Waals surface area contributed by atoms with E-state index in [4.69, 9.17) is 23.2 Å². The van der Waals surface area contributed by atoms with Gasteiger partial charge in [0.25, 0.3) is 0 Å². The normalized spacial score (nSPS) is 20.6. The molecule has 18 heavy (non-hydrogen) atoms. The summed E-state index contributed by atoms with van der Waals surface area (Å²) in [6.45, 7) is 7.74. The second-order valence-electron chi connectivity index (χ2n) is 5.11. The van der Waals surface area contributed by atoms with E-state index in [0.29, 0.717) is 22.0 Å². The SMILES string of the molecule is CC(C)N1CCC(CNc2ncc(Cl)cc2Cl)C1. The molecule has 1 aliphatic heterocycles. The van der Waals surface area contributed by atoms with Crippen molar-refractivity contribution in [2.75, 3.05) is 25.0 Å². The van der Waals surface area contributed by atoms with Crippen LogP contribution in [0.2, 0.25) is 10.0 Å². The van der Waals surface area contributed by atoms with Crippen molar-refractivity contribution in [3.63, 3.8) is 0 Å². The predicted octanol–water partition coefficient (Wildman–Crippen LogP) is 3.53. The van der Waals surface area contributed by atoms with E-state index in [0.717, 1.165) is 18.9 Å². The molecule has 1 fully saturated rings. The van der Waals surface area contributed by atoms with Gasteiger partial charge >= 0.3 is 0 Å². The van der Waals surface area contributed by atoms with Crippen LogP contribution in [0.15, 0.2) is 12.3 Å². The highest BCUT2D eigenvalue weighted by atomic mass is 35.5. The van der Waals surface area contributed by atoms with Gasteiger partial charge in [-0.05, 0) is 38.8 Å². The predicted molar refractivity (Wildman–Crippen MR) is 77.6 cm³/mol. The Bertz CT molecular complexity index is 409. The number of nitrogens with one attached hydrogen (secondary N) is 1. The van der Waals surface area contributed by atoms with Gasteiger partial charge in [0, 0.05) is 25.3 Å². The molecule has 0 radical (unpaired) electrons. The number of anilines is 1. The molecule has 0 bridgehead atoms. The van der Waals surface area contributed by atoms with Gasteiger partial charge in [-0.1, -0.05) is 23.2 Å². The third-order valence-electron chi connectivity index (χ3n) is 3.41. The second-order valence-corrected chi connectivity index (χ2v) is 5.95. The van der Waals surface area contributed by atoms with Gasteiger partial charge in [0.15, 0.2) is 0 Å². The molecule has 1 aliphatic rings. The minimum Gasteiger partial charge on any atom is -0.369 e. The van der Waals surface area contributed by atoms with Gasteiger partial charge in [0.2, 0.25) is 0 Å². The van der Waals surface area contributed by atoms with Crippen molar-refractivity contribution in [3.05, 3.63) is 22.3 Å². The topological polar surface area (TPSA) is 28.2 Å². The number of hydrogen-bond donors (Lipinski definition) is 1. The smallest absolute Gasteiger partial charge is 0.144 e. The van der Waals surface area contributed by atoms with Crippen molar-refractivity contribution in [3.8, 4) is 0 Å². The minimum atomic E-state index is 0.567. The molecule has 1 atom stereocenters. The van der Waals surface area contributed by atoms with E-state index in [2.05, 4.69) is 29.0 Å². The highest BCUT2D eigenvalue weighted by Crippen LogP contribution is 2.24. The Morgan fingerprint density at radius 1 is 1.50 bits per heavy atom. The molecule has 1 saturated heterocycles. The zero-order valence-electron chi connectivity index (χ0n) is 10.8. The largest absolute Gasteiger partial charge is 0.369 e. The van der Waals surface area contributed by atoms with Gasteiger partial charge in [0.1, 0.15) is 5.82 Å². The number of aromatic nitrogens is 1. The number of hydrogen-bond acceptors (Lipinski definition) is 3. The first-order valence-corrected chi connectivity index (χ1v) is 7.11. The summed E-state index contributed by atoms with van der Waals surface area (Å²) in [5, 5.41) is 4.46. The molecule has 2 rings (SSSR count).